The summed E-state index contributed by atoms with van der Waals surface area (Å²) >= 11 is 0. The van der Waals surface area contributed by atoms with Gasteiger partial charge in [0.25, 0.3) is 0 Å². The number of nitrogens with zero attached hydrogens (tertiary/aromatic N) is 4. The number of para-hydroxylation sites is 2. The van der Waals surface area contributed by atoms with Crippen molar-refractivity contribution in [2.45, 2.75) is 34.2 Å². The molecule has 0 saturated heterocycles. The highest BCUT2D eigenvalue weighted by Gasteiger charge is 2.09. The third-order valence-corrected chi connectivity index (χ3v) is 3.92. The van der Waals surface area contributed by atoms with E-state index in [0.717, 1.165) is 23.1 Å². The number of aromatic nitrogens is 3. The molecular formula is C18H22N4. The van der Waals surface area contributed by atoms with E-state index >= 15 is 0 Å². The van der Waals surface area contributed by atoms with Gasteiger partial charge in [-0.2, -0.15) is 5.10 Å². The molecule has 3 aromatic rings. The summed E-state index contributed by atoms with van der Waals surface area (Å²) in [4.78, 5) is 4.36. The maximum atomic E-state index is 4.57. The summed E-state index contributed by atoms with van der Waals surface area (Å²) in [6, 6.07) is 10.2. The van der Waals surface area contributed by atoms with Gasteiger partial charge in [0.1, 0.15) is 6.33 Å². The Morgan fingerprint density at radius 3 is 2.77 bits per heavy atom. The maximum absolute atomic E-state index is 4.57. The highest BCUT2D eigenvalue weighted by atomic mass is 15.4. The Morgan fingerprint density at radius 2 is 2.00 bits per heavy atom. The van der Waals surface area contributed by atoms with Crippen molar-refractivity contribution in [3.8, 4) is 0 Å². The van der Waals surface area contributed by atoms with Crippen LogP contribution in [0.2, 0.25) is 0 Å². The first-order valence-corrected chi connectivity index (χ1v) is 7.69. The fourth-order valence-electron chi connectivity index (χ4n) is 2.77. The minimum atomic E-state index is 0.632. The third-order valence-electron chi connectivity index (χ3n) is 3.92. The molecule has 0 amide bonds. The molecule has 22 heavy (non-hydrogen) atoms. The van der Waals surface area contributed by atoms with Crippen LogP contribution in [0.1, 0.15) is 30.8 Å². The molecule has 0 spiro atoms. The first-order chi connectivity index (χ1) is 10.6. The summed E-state index contributed by atoms with van der Waals surface area (Å²) in [7, 11) is 0. The highest BCUT2D eigenvalue weighted by Crippen LogP contribution is 2.16. The Bertz CT molecular complexity index is 821. The van der Waals surface area contributed by atoms with Crippen LogP contribution in [0.4, 0.5) is 0 Å². The molecule has 4 nitrogen and oxygen atoms in total. The van der Waals surface area contributed by atoms with Crippen molar-refractivity contribution < 1.29 is 0 Å². The van der Waals surface area contributed by atoms with Gasteiger partial charge in [0, 0.05) is 23.5 Å². The minimum Gasteiger partial charge on any atom is -0.348 e. The standard InChI is InChI=1S/C18H22N4/c1-13(2)11-21-14(3)9-16(15(21)4)10-20-22-12-19-17-7-5-6-8-18(17)22/h5-10,12-13H,11H2,1-4H3/b20-10-. The van der Waals surface area contributed by atoms with Gasteiger partial charge >= 0.3 is 0 Å². The van der Waals surface area contributed by atoms with Gasteiger partial charge in [0.2, 0.25) is 0 Å². The van der Waals surface area contributed by atoms with E-state index in [1.54, 1.807) is 6.33 Å². The first-order valence-electron chi connectivity index (χ1n) is 7.69. The second-order valence-electron chi connectivity index (χ2n) is 6.15. The molecule has 1 aromatic carbocycles. The van der Waals surface area contributed by atoms with Crippen LogP contribution < -0.4 is 0 Å². The number of aryl methyl sites for hydroxylation is 1. The molecule has 0 radical (unpaired) electrons. The van der Waals surface area contributed by atoms with Crippen molar-refractivity contribution >= 4 is 17.2 Å². The zero-order valence-corrected chi connectivity index (χ0v) is 13.6. The molecule has 0 unspecified atom stereocenters. The Hall–Kier alpha value is -2.36. The SMILES string of the molecule is Cc1cc(/C=N\n2cnc3ccccc32)c(C)n1CC(C)C. The molecule has 0 aliphatic rings. The summed E-state index contributed by atoms with van der Waals surface area (Å²) in [5.74, 6) is 0.632. The molecule has 2 heterocycles. The van der Waals surface area contributed by atoms with Gasteiger partial charge in [0.05, 0.1) is 17.2 Å². The van der Waals surface area contributed by atoms with Crippen molar-refractivity contribution in [1.29, 1.82) is 0 Å². The summed E-state index contributed by atoms with van der Waals surface area (Å²) in [5, 5.41) is 4.57. The lowest BCUT2D eigenvalue weighted by Crippen LogP contribution is -2.07. The van der Waals surface area contributed by atoms with Crippen LogP contribution >= 0.6 is 0 Å². The lowest BCUT2D eigenvalue weighted by atomic mass is 10.2. The molecule has 4 heteroatoms. The first kappa shape index (κ1) is 14.6. The molecule has 114 valence electrons. The van der Waals surface area contributed by atoms with Gasteiger partial charge in [-0.1, -0.05) is 26.0 Å². The lowest BCUT2D eigenvalue weighted by Gasteiger charge is -2.11. The normalized spacial score (nSPS) is 12.0. The molecule has 0 atom stereocenters. The van der Waals surface area contributed by atoms with Gasteiger partial charge in [-0.05, 0) is 38.0 Å². The van der Waals surface area contributed by atoms with E-state index in [1.165, 1.54) is 11.4 Å². The van der Waals surface area contributed by atoms with Crippen molar-refractivity contribution in [3.05, 3.63) is 53.6 Å². The molecule has 0 N–H and O–H groups in total. The van der Waals surface area contributed by atoms with E-state index in [-0.39, 0.29) is 0 Å². The maximum Gasteiger partial charge on any atom is 0.118 e. The van der Waals surface area contributed by atoms with Gasteiger partial charge < -0.3 is 4.57 Å². The average Bonchev–Trinajstić information content (AvgIpc) is 3.01. The van der Waals surface area contributed by atoms with Crippen molar-refractivity contribution in [2.75, 3.05) is 0 Å². The lowest BCUT2D eigenvalue weighted by molar-refractivity contribution is 0.509. The van der Waals surface area contributed by atoms with Crippen LogP contribution in [0, 0.1) is 19.8 Å². The van der Waals surface area contributed by atoms with Crippen molar-refractivity contribution in [3.63, 3.8) is 0 Å². The van der Waals surface area contributed by atoms with Gasteiger partial charge in [-0.15, -0.1) is 0 Å². The van der Waals surface area contributed by atoms with Crippen LogP contribution in [0.25, 0.3) is 11.0 Å². The molecular weight excluding hydrogens is 272 g/mol. The fourth-order valence-corrected chi connectivity index (χ4v) is 2.77. The fraction of sp³-hybridized carbons (Fsp3) is 0.333. The number of fused-ring (bicyclic) bond motifs is 1. The van der Waals surface area contributed by atoms with E-state index in [9.17, 15) is 0 Å². The average molecular weight is 294 g/mol. The zero-order chi connectivity index (χ0) is 15.7. The quantitative estimate of drug-likeness (QED) is 0.670. The predicted molar refractivity (Wildman–Crippen MR) is 91.5 cm³/mol. The monoisotopic (exact) mass is 294 g/mol. The van der Waals surface area contributed by atoms with E-state index in [2.05, 4.69) is 48.4 Å². The van der Waals surface area contributed by atoms with Crippen LogP contribution in [-0.2, 0) is 6.54 Å². The molecule has 3 rings (SSSR count). The third kappa shape index (κ3) is 2.69. The number of hydrogen-bond acceptors (Lipinski definition) is 2. The second-order valence-corrected chi connectivity index (χ2v) is 6.15. The van der Waals surface area contributed by atoms with Gasteiger partial charge in [0.15, 0.2) is 0 Å². The highest BCUT2D eigenvalue weighted by molar-refractivity contribution is 5.83. The Morgan fingerprint density at radius 1 is 1.23 bits per heavy atom. The molecule has 0 aliphatic carbocycles. The van der Waals surface area contributed by atoms with E-state index in [0.29, 0.717) is 5.92 Å². The van der Waals surface area contributed by atoms with E-state index in [4.69, 9.17) is 0 Å². The number of hydrogen-bond donors (Lipinski definition) is 0. The Kier molecular flexibility index (Phi) is 3.84. The van der Waals surface area contributed by atoms with Crippen LogP contribution in [0.5, 0.6) is 0 Å². The zero-order valence-electron chi connectivity index (χ0n) is 13.6. The van der Waals surface area contributed by atoms with Crippen LogP contribution in [0.3, 0.4) is 0 Å². The largest absolute Gasteiger partial charge is 0.348 e. The van der Waals surface area contributed by atoms with Crippen molar-refractivity contribution in [1.82, 2.24) is 14.2 Å². The second kappa shape index (κ2) is 5.79. The van der Waals surface area contributed by atoms with E-state index < -0.39 is 0 Å². The van der Waals surface area contributed by atoms with Gasteiger partial charge in [-0.25, -0.2) is 9.66 Å². The number of rotatable bonds is 4. The van der Waals surface area contributed by atoms with Crippen molar-refractivity contribution in [2.24, 2.45) is 11.0 Å². The Labute approximate surface area is 131 Å². The molecule has 0 fully saturated rings. The van der Waals surface area contributed by atoms with E-state index in [1.807, 2.05) is 35.2 Å². The summed E-state index contributed by atoms with van der Waals surface area (Å²) in [5.41, 5.74) is 5.69. The van der Waals surface area contributed by atoms with Gasteiger partial charge in [-0.3, -0.25) is 0 Å². The summed E-state index contributed by atoms with van der Waals surface area (Å²) in [6.45, 7) is 9.83. The molecule has 0 saturated carbocycles. The molecule has 2 aromatic heterocycles. The number of benzene rings is 1. The molecule has 0 aliphatic heterocycles. The summed E-state index contributed by atoms with van der Waals surface area (Å²) in [6.07, 6.45) is 3.68. The minimum absolute atomic E-state index is 0.632. The Balaban J connectivity index is 1.93. The smallest absolute Gasteiger partial charge is 0.118 e. The molecule has 0 bridgehead atoms. The van der Waals surface area contributed by atoms with Crippen LogP contribution in [-0.4, -0.2) is 20.4 Å². The topological polar surface area (TPSA) is 35.1 Å². The predicted octanol–water partition coefficient (Wildman–Crippen LogP) is 3.99. The summed E-state index contributed by atoms with van der Waals surface area (Å²) < 4.78 is 4.18. The van der Waals surface area contributed by atoms with Crippen LogP contribution in [0.15, 0.2) is 41.8 Å². The number of imidazole rings is 1.